The Labute approximate surface area is 135 Å². The van der Waals surface area contributed by atoms with Gasteiger partial charge in [0.2, 0.25) is 11.8 Å². The lowest BCUT2D eigenvalue weighted by Crippen LogP contribution is -2.39. The molecule has 2 atom stereocenters. The van der Waals surface area contributed by atoms with Crippen LogP contribution < -0.4 is 10.6 Å². The van der Waals surface area contributed by atoms with Crippen molar-refractivity contribution < 1.29 is 9.21 Å². The third-order valence-corrected chi connectivity index (χ3v) is 4.00. The van der Waals surface area contributed by atoms with Crippen molar-refractivity contribution in [2.24, 2.45) is 0 Å². The van der Waals surface area contributed by atoms with Crippen LogP contribution in [0, 0.1) is 25.2 Å². The first-order valence-electron chi connectivity index (χ1n) is 7.46. The molecule has 2 heterocycles. The lowest BCUT2D eigenvalue weighted by molar-refractivity contribution is -0.115. The van der Waals surface area contributed by atoms with Crippen LogP contribution in [-0.4, -0.2) is 28.3 Å². The molecule has 0 aromatic carbocycles. The van der Waals surface area contributed by atoms with Gasteiger partial charge in [-0.15, -0.1) is 0 Å². The summed E-state index contributed by atoms with van der Waals surface area (Å²) in [4.78, 5) is 12.0. The fraction of sp³-hybridized carbons (Fsp3) is 0.438. The van der Waals surface area contributed by atoms with Gasteiger partial charge in [-0.3, -0.25) is 14.8 Å². The molecule has 0 radical (unpaired) electrons. The number of nitrogens with one attached hydrogen (secondary N) is 2. The molecule has 122 valence electrons. The molecule has 0 aliphatic carbocycles. The number of amides is 1. The second kappa shape index (κ2) is 7.11. The fourth-order valence-corrected chi connectivity index (χ4v) is 2.20. The highest BCUT2D eigenvalue weighted by Gasteiger charge is 2.18. The maximum absolute atomic E-state index is 12.0. The first-order chi connectivity index (χ1) is 10.9. The lowest BCUT2D eigenvalue weighted by Gasteiger charge is -2.21. The van der Waals surface area contributed by atoms with E-state index in [9.17, 15) is 4.79 Å². The molecule has 2 rings (SSSR count). The summed E-state index contributed by atoms with van der Waals surface area (Å²) in [7, 11) is 0. The van der Waals surface area contributed by atoms with E-state index in [2.05, 4.69) is 21.8 Å². The van der Waals surface area contributed by atoms with Crippen molar-refractivity contribution in [1.29, 1.82) is 5.26 Å². The minimum absolute atomic E-state index is 0.0520. The summed E-state index contributed by atoms with van der Waals surface area (Å²) >= 11 is 0. The number of rotatable bonds is 6. The van der Waals surface area contributed by atoms with Gasteiger partial charge in [0.15, 0.2) is 0 Å². The lowest BCUT2D eigenvalue weighted by atomic mass is 10.1. The summed E-state index contributed by atoms with van der Waals surface area (Å²) < 4.78 is 7.26. The molecule has 0 aliphatic heterocycles. The number of carbonyl (C=O) groups is 1. The summed E-state index contributed by atoms with van der Waals surface area (Å²) in [6, 6.07) is 4.08. The molecule has 0 bridgehead atoms. The van der Waals surface area contributed by atoms with E-state index in [0.717, 1.165) is 5.56 Å². The molecule has 2 aromatic rings. The van der Waals surface area contributed by atoms with Crippen molar-refractivity contribution in [3.63, 3.8) is 0 Å². The third kappa shape index (κ3) is 3.79. The SMILES string of the molecule is Cc1oc(NC(=O)CN[C@H](C)[C@@H](C)n2cccn2)c(C#N)c1C. The Kier molecular flexibility index (Phi) is 5.19. The quantitative estimate of drug-likeness (QED) is 0.851. The summed E-state index contributed by atoms with van der Waals surface area (Å²) in [5, 5.41) is 19.1. The minimum atomic E-state index is -0.255. The molecule has 0 fully saturated rings. The van der Waals surface area contributed by atoms with Gasteiger partial charge in [-0.25, -0.2) is 0 Å². The molecule has 1 amide bonds. The van der Waals surface area contributed by atoms with Crippen molar-refractivity contribution >= 4 is 11.8 Å². The first kappa shape index (κ1) is 16.8. The van der Waals surface area contributed by atoms with Crippen LogP contribution >= 0.6 is 0 Å². The summed E-state index contributed by atoms with van der Waals surface area (Å²) in [5.74, 6) is 0.585. The van der Waals surface area contributed by atoms with E-state index in [4.69, 9.17) is 9.68 Å². The summed E-state index contributed by atoms with van der Waals surface area (Å²) in [5.41, 5.74) is 1.12. The molecular formula is C16H21N5O2. The Bertz CT molecular complexity index is 712. The number of furan rings is 1. The zero-order chi connectivity index (χ0) is 17.0. The van der Waals surface area contributed by atoms with E-state index in [0.29, 0.717) is 11.3 Å². The van der Waals surface area contributed by atoms with Crippen molar-refractivity contribution in [3.05, 3.63) is 35.3 Å². The highest BCUT2D eigenvalue weighted by Crippen LogP contribution is 2.25. The van der Waals surface area contributed by atoms with Gasteiger partial charge in [-0.1, -0.05) is 0 Å². The molecule has 0 unspecified atom stereocenters. The standard InChI is InChI=1S/C16H21N5O2/c1-10-13(4)23-16(14(10)8-17)20-15(22)9-18-11(2)12(3)21-7-5-6-19-21/h5-7,11-12,18H,9H2,1-4H3,(H,20,22)/t11-,12-/m1/s1. The van der Waals surface area contributed by atoms with Gasteiger partial charge >= 0.3 is 0 Å². The second-order valence-electron chi connectivity index (χ2n) is 5.54. The number of hydrogen-bond donors (Lipinski definition) is 2. The number of anilines is 1. The van der Waals surface area contributed by atoms with Crippen LogP contribution in [0.3, 0.4) is 0 Å². The Morgan fingerprint density at radius 3 is 2.83 bits per heavy atom. The zero-order valence-electron chi connectivity index (χ0n) is 13.8. The molecular weight excluding hydrogens is 294 g/mol. The maximum atomic E-state index is 12.0. The van der Waals surface area contributed by atoms with Gasteiger partial charge in [0, 0.05) is 24.0 Å². The van der Waals surface area contributed by atoms with Crippen LogP contribution in [0.15, 0.2) is 22.9 Å². The van der Waals surface area contributed by atoms with Gasteiger partial charge in [0.25, 0.3) is 0 Å². The highest BCUT2D eigenvalue weighted by atomic mass is 16.4. The first-order valence-corrected chi connectivity index (χ1v) is 7.46. The van der Waals surface area contributed by atoms with Crippen LogP contribution in [-0.2, 0) is 4.79 Å². The highest BCUT2D eigenvalue weighted by molar-refractivity contribution is 5.92. The zero-order valence-corrected chi connectivity index (χ0v) is 13.8. The van der Waals surface area contributed by atoms with E-state index < -0.39 is 0 Å². The van der Waals surface area contributed by atoms with Gasteiger partial charge in [0.05, 0.1) is 12.6 Å². The number of carbonyl (C=O) groups excluding carboxylic acids is 1. The molecule has 0 saturated carbocycles. The second-order valence-corrected chi connectivity index (χ2v) is 5.54. The van der Waals surface area contributed by atoms with Gasteiger partial charge in [0.1, 0.15) is 17.4 Å². The molecule has 2 N–H and O–H groups in total. The summed E-state index contributed by atoms with van der Waals surface area (Å²) in [6.45, 7) is 7.69. The third-order valence-electron chi connectivity index (χ3n) is 4.00. The molecule has 7 heteroatoms. The van der Waals surface area contributed by atoms with E-state index in [1.54, 1.807) is 20.0 Å². The maximum Gasteiger partial charge on any atom is 0.240 e. The monoisotopic (exact) mass is 315 g/mol. The molecule has 0 aliphatic rings. The molecule has 0 saturated heterocycles. The van der Waals surface area contributed by atoms with Crippen molar-refractivity contribution in [2.75, 3.05) is 11.9 Å². The summed E-state index contributed by atoms with van der Waals surface area (Å²) in [6.07, 6.45) is 3.61. The van der Waals surface area contributed by atoms with E-state index in [-0.39, 0.29) is 30.4 Å². The predicted molar refractivity (Wildman–Crippen MR) is 85.9 cm³/mol. The Hall–Kier alpha value is -2.59. The number of nitriles is 1. The van der Waals surface area contributed by atoms with Crippen LogP contribution in [0.5, 0.6) is 0 Å². The van der Waals surface area contributed by atoms with E-state index >= 15 is 0 Å². The van der Waals surface area contributed by atoms with Crippen molar-refractivity contribution in [1.82, 2.24) is 15.1 Å². The van der Waals surface area contributed by atoms with Gasteiger partial charge in [-0.2, -0.15) is 10.4 Å². The fourth-order valence-electron chi connectivity index (χ4n) is 2.20. The number of hydrogen-bond acceptors (Lipinski definition) is 5. The Morgan fingerprint density at radius 2 is 2.22 bits per heavy atom. The molecule has 23 heavy (non-hydrogen) atoms. The largest absolute Gasteiger partial charge is 0.444 e. The average Bonchev–Trinajstić information content (AvgIpc) is 3.14. The number of aromatic nitrogens is 2. The Morgan fingerprint density at radius 1 is 1.48 bits per heavy atom. The van der Waals surface area contributed by atoms with E-state index in [1.165, 1.54) is 0 Å². The number of nitrogens with zero attached hydrogens (tertiary/aromatic N) is 3. The Balaban J connectivity index is 1.91. The normalized spacial score (nSPS) is 13.3. The van der Waals surface area contributed by atoms with Crippen molar-refractivity contribution in [2.45, 2.75) is 39.8 Å². The molecule has 0 spiro atoms. The van der Waals surface area contributed by atoms with Crippen molar-refractivity contribution in [3.8, 4) is 6.07 Å². The van der Waals surface area contributed by atoms with Gasteiger partial charge < -0.3 is 9.73 Å². The minimum Gasteiger partial charge on any atom is -0.444 e. The number of aryl methyl sites for hydroxylation is 1. The smallest absolute Gasteiger partial charge is 0.240 e. The van der Waals surface area contributed by atoms with Crippen LogP contribution in [0.2, 0.25) is 0 Å². The van der Waals surface area contributed by atoms with Gasteiger partial charge in [-0.05, 0) is 33.8 Å². The average molecular weight is 315 g/mol. The van der Waals surface area contributed by atoms with Crippen LogP contribution in [0.25, 0.3) is 0 Å². The molecule has 7 nitrogen and oxygen atoms in total. The van der Waals surface area contributed by atoms with Crippen LogP contribution in [0.4, 0.5) is 5.88 Å². The van der Waals surface area contributed by atoms with Crippen LogP contribution in [0.1, 0.15) is 36.8 Å². The molecule has 2 aromatic heterocycles. The topological polar surface area (TPSA) is 95.9 Å². The predicted octanol–water partition coefficient (Wildman–Crippen LogP) is 2.14. The van der Waals surface area contributed by atoms with E-state index in [1.807, 2.05) is 30.8 Å².